The van der Waals surface area contributed by atoms with E-state index in [-0.39, 0.29) is 17.8 Å². The van der Waals surface area contributed by atoms with Gasteiger partial charge in [0.1, 0.15) is 0 Å². The highest BCUT2D eigenvalue weighted by molar-refractivity contribution is 7.09. The average molecular weight is 461 g/mol. The van der Waals surface area contributed by atoms with Crippen LogP contribution >= 0.6 is 11.3 Å². The summed E-state index contributed by atoms with van der Waals surface area (Å²) < 4.78 is 42.6. The molecule has 8 nitrogen and oxygen atoms in total. The second-order valence-corrected chi connectivity index (χ2v) is 8.32. The molecule has 2 aromatic rings. The first-order valence-corrected chi connectivity index (χ1v) is 10.5. The van der Waals surface area contributed by atoms with Crippen molar-refractivity contribution >= 4 is 23.2 Å². The van der Waals surface area contributed by atoms with Crippen molar-refractivity contribution in [2.75, 3.05) is 26.2 Å². The van der Waals surface area contributed by atoms with E-state index in [1.165, 1.54) is 11.1 Å². The van der Waals surface area contributed by atoms with Crippen molar-refractivity contribution in [3.05, 3.63) is 40.4 Å². The number of nitrogens with one attached hydrogen (secondary N) is 1. The third-order valence-corrected chi connectivity index (χ3v) is 6.07. The lowest BCUT2D eigenvalue weighted by Gasteiger charge is -2.35. The maximum Gasteiger partial charge on any atom is 0.490 e. The molecular weight excluding hydrogens is 439 g/mol. The summed E-state index contributed by atoms with van der Waals surface area (Å²) in [5, 5.41) is 15.7. The molecule has 0 radical (unpaired) electrons. The largest absolute Gasteiger partial charge is 0.490 e. The van der Waals surface area contributed by atoms with Crippen LogP contribution in [0.1, 0.15) is 21.9 Å². The standard InChI is InChI=1S/C17H21N3O3S.C2HF3O2/c21-17(15-3-5-19-23-15)18-8-16-14-4-6-20(9-12(14)11-22-16)10-13-2-1-7-24-13;3-2(4,5)1(6)7/h1-3,5,7,12,14,16H,4,6,8-11H2,(H,18,21);(H,6,7)/t12-,14-,16+;/m1./s1. The van der Waals surface area contributed by atoms with Crippen LogP contribution in [0.15, 0.2) is 34.3 Å². The number of alkyl halides is 3. The summed E-state index contributed by atoms with van der Waals surface area (Å²) in [5.74, 6) is -1.65. The van der Waals surface area contributed by atoms with E-state index in [4.69, 9.17) is 19.2 Å². The van der Waals surface area contributed by atoms with Crippen molar-refractivity contribution in [1.29, 1.82) is 0 Å². The zero-order chi connectivity index (χ0) is 22.4. The van der Waals surface area contributed by atoms with Gasteiger partial charge in [-0.05, 0) is 30.3 Å². The van der Waals surface area contributed by atoms with Gasteiger partial charge in [-0.15, -0.1) is 11.3 Å². The molecule has 2 aromatic heterocycles. The molecule has 2 aliphatic heterocycles. The number of aromatic nitrogens is 1. The molecular formula is C19H22F3N3O5S. The zero-order valence-electron chi connectivity index (χ0n) is 16.4. The highest BCUT2D eigenvalue weighted by Crippen LogP contribution is 2.34. The minimum absolute atomic E-state index is 0.103. The summed E-state index contributed by atoms with van der Waals surface area (Å²) >= 11 is 1.82. The molecule has 4 heterocycles. The molecule has 0 unspecified atom stereocenters. The van der Waals surface area contributed by atoms with Crippen LogP contribution in [0.25, 0.3) is 0 Å². The van der Waals surface area contributed by atoms with Crippen LogP contribution < -0.4 is 5.32 Å². The summed E-state index contributed by atoms with van der Waals surface area (Å²) in [7, 11) is 0. The van der Waals surface area contributed by atoms with E-state index in [9.17, 15) is 18.0 Å². The van der Waals surface area contributed by atoms with Crippen molar-refractivity contribution < 1.29 is 37.1 Å². The number of rotatable bonds is 5. The fourth-order valence-corrected chi connectivity index (χ4v) is 4.50. The number of ether oxygens (including phenoxy) is 1. The monoisotopic (exact) mass is 461 g/mol. The smallest absolute Gasteiger partial charge is 0.475 e. The lowest BCUT2D eigenvalue weighted by atomic mass is 9.84. The Bertz CT molecular complexity index is 845. The molecule has 3 atom stereocenters. The van der Waals surface area contributed by atoms with Crippen LogP contribution in [-0.4, -0.2) is 65.6 Å². The van der Waals surface area contributed by atoms with Crippen LogP contribution in [0.5, 0.6) is 0 Å². The number of amides is 1. The maximum absolute atomic E-state index is 11.9. The molecule has 31 heavy (non-hydrogen) atoms. The summed E-state index contributed by atoms with van der Waals surface area (Å²) in [5.41, 5.74) is 0. The second kappa shape index (κ2) is 10.2. The number of hydrogen-bond donors (Lipinski definition) is 2. The molecule has 0 aromatic carbocycles. The molecule has 4 rings (SSSR count). The van der Waals surface area contributed by atoms with Gasteiger partial charge in [0.25, 0.3) is 5.91 Å². The lowest BCUT2D eigenvalue weighted by Crippen LogP contribution is -2.43. The van der Waals surface area contributed by atoms with Gasteiger partial charge in [-0.2, -0.15) is 13.2 Å². The fraction of sp³-hybridized carbons (Fsp3) is 0.526. The van der Waals surface area contributed by atoms with Crippen molar-refractivity contribution in [3.63, 3.8) is 0 Å². The van der Waals surface area contributed by atoms with Gasteiger partial charge in [-0.3, -0.25) is 9.69 Å². The van der Waals surface area contributed by atoms with Crippen LogP contribution in [0.4, 0.5) is 13.2 Å². The summed E-state index contributed by atoms with van der Waals surface area (Å²) in [4.78, 5) is 24.8. The third-order valence-electron chi connectivity index (χ3n) is 5.21. The number of piperidine rings is 1. The maximum atomic E-state index is 11.9. The molecule has 2 fully saturated rings. The number of carbonyl (C=O) groups excluding carboxylic acids is 1. The average Bonchev–Trinajstić information content (AvgIpc) is 3.48. The highest BCUT2D eigenvalue weighted by Gasteiger charge is 2.41. The molecule has 170 valence electrons. The fourth-order valence-electron chi connectivity index (χ4n) is 3.75. The van der Waals surface area contributed by atoms with Gasteiger partial charge in [-0.1, -0.05) is 11.2 Å². The number of carboxylic acid groups (broad SMARTS) is 1. The molecule has 2 N–H and O–H groups in total. The summed E-state index contributed by atoms with van der Waals surface area (Å²) in [6.45, 7) is 4.53. The zero-order valence-corrected chi connectivity index (χ0v) is 17.2. The Morgan fingerprint density at radius 3 is 2.74 bits per heavy atom. The van der Waals surface area contributed by atoms with Crippen molar-refractivity contribution in [2.45, 2.75) is 25.2 Å². The highest BCUT2D eigenvalue weighted by atomic mass is 32.1. The summed E-state index contributed by atoms with van der Waals surface area (Å²) in [6.07, 6.45) is -2.38. The Labute approximate surface area is 180 Å². The van der Waals surface area contributed by atoms with E-state index in [1.54, 1.807) is 6.07 Å². The topological polar surface area (TPSA) is 105 Å². The number of likely N-dealkylation sites (tertiary alicyclic amines) is 1. The number of halogens is 3. The van der Waals surface area contributed by atoms with Gasteiger partial charge in [0.15, 0.2) is 0 Å². The minimum Gasteiger partial charge on any atom is -0.475 e. The van der Waals surface area contributed by atoms with Gasteiger partial charge in [-0.25, -0.2) is 4.79 Å². The number of hydrogen-bond acceptors (Lipinski definition) is 7. The van der Waals surface area contributed by atoms with Crippen LogP contribution in [0.3, 0.4) is 0 Å². The molecule has 0 bridgehead atoms. The Balaban J connectivity index is 0.000000339. The molecule has 1 amide bonds. The Morgan fingerprint density at radius 2 is 2.13 bits per heavy atom. The van der Waals surface area contributed by atoms with Gasteiger partial charge >= 0.3 is 12.1 Å². The van der Waals surface area contributed by atoms with Gasteiger partial charge < -0.3 is 19.7 Å². The van der Waals surface area contributed by atoms with Gasteiger partial charge in [0.05, 0.1) is 18.9 Å². The SMILES string of the molecule is O=C(NC[C@@H]1OC[C@H]2CN(Cc3cccs3)CC[C@H]21)c1ccno1.O=C(O)C(F)(F)F. The summed E-state index contributed by atoms with van der Waals surface area (Å²) in [6, 6.07) is 5.87. The molecule has 0 aliphatic carbocycles. The van der Waals surface area contributed by atoms with E-state index in [0.717, 1.165) is 32.7 Å². The number of carbonyl (C=O) groups is 2. The second-order valence-electron chi connectivity index (χ2n) is 7.29. The van der Waals surface area contributed by atoms with Crippen molar-refractivity contribution in [3.8, 4) is 0 Å². The molecule has 0 spiro atoms. The number of aliphatic carboxylic acids is 1. The van der Waals surface area contributed by atoms with E-state index in [1.807, 2.05) is 11.3 Å². The predicted molar refractivity (Wildman–Crippen MR) is 103 cm³/mol. The van der Waals surface area contributed by atoms with E-state index in [0.29, 0.717) is 18.4 Å². The first-order valence-electron chi connectivity index (χ1n) is 9.59. The first kappa shape index (κ1) is 23.2. The predicted octanol–water partition coefficient (Wildman–Crippen LogP) is 2.64. The normalized spacial score (nSPS) is 23.5. The van der Waals surface area contributed by atoms with Crippen molar-refractivity contribution in [1.82, 2.24) is 15.4 Å². The van der Waals surface area contributed by atoms with E-state index < -0.39 is 12.1 Å². The number of nitrogens with zero attached hydrogens (tertiary/aromatic N) is 2. The number of thiophene rings is 1. The van der Waals surface area contributed by atoms with Gasteiger partial charge in [0, 0.05) is 36.5 Å². The quantitative estimate of drug-likeness (QED) is 0.705. The molecule has 2 aliphatic rings. The minimum atomic E-state index is -5.08. The Morgan fingerprint density at radius 1 is 1.35 bits per heavy atom. The lowest BCUT2D eigenvalue weighted by molar-refractivity contribution is -0.192. The molecule has 12 heteroatoms. The van der Waals surface area contributed by atoms with Crippen LogP contribution in [0.2, 0.25) is 0 Å². The van der Waals surface area contributed by atoms with Crippen molar-refractivity contribution in [2.24, 2.45) is 11.8 Å². The third kappa shape index (κ3) is 6.52. The molecule has 0 saturated carbocycles. The van der Waals surface area contributed by atoms with Gasteiger partial charge in [0.2, 0.25) is 5.76 Å². The van der Waals surface area contributed by atoms with Crippen LogP contribution in [-0.2, 0) is 16.1 Å². The number of carboxylic acids is 1. The van der Waals surface area contributed by atoms with E-state index >= 15 is 0 Å². The van der Waals surface area contributed by atoms with Crippen LogP contribution in [0, 0.1) is 11.8 Å². The first-order chi connectivity index (χ1) is 14.7. The Hall–Kier alpha value is -2.44. The number of fused-ring (bicyclic) bond motifs is 1. The Kier molecular flexibility index (Phi) is 7.68. The molecule has 2 saturated heterocycles. The van der Waals surface area contributed by atoms with E-state index in [2.05, 4.69) is 32.9 Å².